The molecule has 0 aliphatic carbocycles. The normalized spacial score (nSPS) is 19.7. The molecule has 7 heteroatoms. The number of nitrogens with zero attached hydrogens (tertiary/aromatic N) is 3. The van der Waals surface area contributed by atoms with Gasteiger partial charge in [0.15, 0.2) is 5.76 Å². The zero-order chi connectivity index (χ0) is 20.5. The molecular formula is C22H25N3O4. The van der Waals surface area contributed by atoms with Crippen LogP contribution in [0.15, 0.2) is 41.0 Å². The first-order valence-corrected chi connectivity index (χ1v) is 9.92. The summed E-state index contributed by atoms with van der Waals surface area (Å²) in [6.07, 6.45) is 1.71. The van der Waals surface area contributed by atoms with Gasteiger partial charge in [0, 0.05) is 44.8 Å². The molecule has 152 valence electrons. The third-order valence-electron chi connectivity index (χ3n) is 5.60. The summed E-state index contributed by atoms with van der Waals surface area (Å²) in [6.45, 7) is 6.29. The average Bonchev–Trinajstić information content (AvgIpc) is 3.36. The number of furan rings is 1. The van der Waals surface area contributed by atoms with Crippen molar-refractivity contribution in [1.29, 1.82) is 0 Å². The van der Waals surface area contributed by atoms with Gasteiger partial charge < -0.3 is 19.1 Å². The van der Waals surface area contributed by atoms with E-state index in [0.29, 0.717) is 38.5 Å². The van der Waals surface area contributed by atoms with Gasteiger partial charge in [0.05, 0.1) is 12.2 Å². The monoisotopic (exact) mass is 395 g/mol. The lowest BCUT2D eigenvalue weighted by Crippen LogP contribution is -2.52. The molecule has 0 radical (unpaired) electrons. The number of benzene rings is 1. The minimum atomic E-state index is -0.337. The van der Waals surface area contributed by atoms with Gasteiger partial charge in [0.2, 0.25) is 11.8 Å². The Labute approximate surface area is 169 Å². The molecule has 3 amide bonds. The quantitative estimate of drug-likeness (QED) is 0.799. The highest BCUT2D eigenvalue weighted by Crippen LogP contribution is 2.28. The molecule has 1 aromatic carbocycles. The van der Waals surface area contributed by atoms with E-state index in [1.807, 2.05) is 26.0 Å². The third-order valence-corrected chi connectivity index (χ3v) is 5.60. The van der Waals surface area contributed by atoms with Crippen molar-refractivity contribution in [3.63, 3.8) is 0 Å². The van der Waals surface area contributed by atoms with Gasteiger partial charge in [-0.1, -0.05) is 6.07 Å². The van der Waals surface area contributed by atoms with Gasteiger partial charge >= 0.3 is 0 Å². The van der Waals surface area contributed by atoms with E-state index in [2.05, 4.69) is 6.07 Å². The minimum Gasteiger partial charge on any atom is -0.459 e. The summed E-state index contributed by atoms with van der Waals surface area (Å²) >= 11 is 0. The lowest BCUT2D eigenvalue weighted by atomic mass is 10.1. The van der Waals surface area contributed by atoms with Crippen molar-refractivity contribution in [3.8, 4) is 0 Å². The maximum absolute atomic E-state index is 13.0. The van der Waals surface area contributed by atoms with E-state index in [1.54, 1.807) is 26.8 Å². The number of aryl methyl sites for hydroxylation is 2. The van der Waals surface area contributed by atoms with Crippen molar-refractivity contribution in [3.05, 3.63) is 53.5 Å². The van der Waals surface area contributed by atoms with Gasteiger partial charge in [-0.3, -0.25) is 14.4 Å². The summed E-state index contributed by atoms with van der Waals surface area (Å²) in [7, 11) is 0. The van der Waals surface area contributed by atoms with Crippen molar-refractivity contribution in [1.82, 2.24) is 9.80 Å². The van der Waals surface area contributed by atoms with E-state index in [9.17, 15) is 14.4 Å². The Hall–Kier alpha value is -3.09. The van der Waals surface area contributed by atoms with Crippen LogP contribution in [0.1, 0.15) is 28.1 Å². The molecule has 7 nitrogen and oxygen atoms in total. The van der Waals surface area contributed by atoms with Crippen LogP contribution in [0, 0.1) is 19.8 Å². The van der Waals surface area contributed by atoms with Crippen LogP contribution in [0.4, 0.5) is 5.69 Å². The second-order valence-electron chi connectivity index (χ2n) is 7.85. The summed E-state index contributed by atoms with van der Waals surface area (Å²) in [5.74, 6) is -0.194. The Morgan fingerprint density at radius 2 is 1.66 bits per heavy atom. The Balaban J connectivity index is 1.37. The first kappa shape index (κ1) is 19.2. The maximum atomic E-state index is 13.0. The molecular weight excluding hydrogens is 370 g/mol. The predicted octanol–water partition coefficient (Wildman–Crippen LogP) is 2.23. The topological polar surface area (TPSA) is 74.1 Å². The van der Waals surface area contributed by atoms with Crippen molar-refractivity contribution < 1.29 is 18.8 Å². The van der Waals surface area contributed by atoms with Crippen molar-refractivity contribution in [2.45, 2.75) is 20.3 Å². The molecule has 2 fully saturated rings. The molecule has 1 atom stereocenters. The van der Waals surface area contributed by atoms with Gasteiger partial charge in [-0.2, -0.15) is 0 Å². The largest absolute Gasteiger partial charge is 0.459 e. The zero-order valence-corrected chi connectivity index (χ0v) is 16.8. The van der Waals surface area contributed by atoms with E-state index < -0.39 is 0 Å². The van der Waals surface area contributed by atoms with Crippen molar-refractivity contribution >= 4 is 23.4 Å². The van der Waals surface area contributed by atoms with Crippen molar-refractivity contribution in [2.75, 3.05) is 37.6 Å². The number of carbonyl (C=O) groups is 3. The summed E-state index contributed by atoms with van der Waals surface area (Å²) in [6, 6.07) is 9.36. The van der Waals surface area contributed by atoms with Crippen LogP contribution < -0.4 is 4.90 Å². The van der Waals surface area contributed by atoms with E-state index >= 15 is 0 Å². The molecule has 1 unspecified atom stereocenters. The van der Waals surface area contributed by atoms with E-state index in [-0.39, 0.29) is 30.1 Å². The zero-order valence-electron chi connectivity index (χ0n) is 16.8. The Morgan fingerprint density at radius 1 is 1.00 bits per heavy atom. The van der Waals surface area contributed by atoms with Crippen molar-refractivity contribution in [2.24, 2.45) is 5.92 Å². The van der Waals surface area contributed by atoms with Crippen LogP contribution in [0.5, 0.6) is 0 Å². The number of anilines is 1. The Morgan fingerprint density at radius 3 is 2.28 bits per heavy atom. The van der Waals surface area contributed by atoms with E-state index in [1.165, 1.54) is 6.26 Å². The molecule has 0 N–H and O–H groups in total. The molecule has 1 aromatic heterocycles. The number of carbonyl (C=O) groups excluding carboxylic acids is 3. The molecule has 0 bridgehead atoms. The molecule has 29 heavy (non-hydrogen) atoms. The number of rotatable bonds is 3. The number of amides is 3. The standard InChI is InChI=1S/C22H25N3O4/c1-15-10-16(2)12-18(11-15)25-14-17(13-20(25)26)21(27)23-5-7-24(8-6-23)22(28)19-4-3-9-29-19/h3-4,9-12,17H,5-8,13-14H2,1-2H3. The van der Waals surface area contributed by atoms with Crippen LogP contribution >= 0.6 is 0 Å². The average molecular weight is 395 g/mol. The second-order valence-corrected chi connectivity index (χ2v) is 7.85. The Bertz CT molecular complexity index is 909. The molecule has 2 aliphatic rings. The molecule has 2 aliphatic heterocycles. The van der Waals surface area contributed by atoms with Gasteiger partial charge in [-0.25, -0.2) is 0 Å². The van der Waals surface area contributed by atoms with Crippen LogP contribution in [0.2, 0.25) is 0 Å². The molecule has 3 heterocycles. The SMILES string of the molecule is Cc1cc(C)cc(N2CC(C(=O)N3CCN(C(=O)c4ccco4)CC3)CC2=O)c1. The van der Waals surface area contributed by atoms with E-state index in [4.69, 9.17) is 4.42 Å². The molecule has 0 saturated carbocycles. The highest BCUT2D eigenvalue weighted by Gasteiger charge is 2.38. The lowest BCUT2D eigenvalue weighted by molar-refractivity contribution is -0.137. The van der Waals surface area contributed by atoms with Gasteiger partial charge in [-0.15, -0.1) is 0 Å². The predicted molar refractivity (Wildman–Crippen MR) is 108 cm³/mol. The molecule has 0 spiro atoms. The first-order valence-electron chi connectivity index (χ1n) is 9.92. The van der Waals surface area contributed by atoms with Crippen LogP contribution in [0.25, 0.3) is 0 Å². The molecule has 2 aromatic rings. The molecule has 2 saturated heterocycles. The summed E-state index contributed by atoms with van der Waals surface area (Å²) in [5.41, 5.74) is 3.05. The smallest absolute Gasteiger partial charge is 0.289 e. The fourth-order valence-electron chi connectivity index (χ4n) is 4.17. The summed E-state index contributed by atoms with van der Waals surface area (Å²) in [5, 5.41) is 0. The van der Waals surface area contributed by atoms with Crippen LogP contribution in [-0.4, -0.2) is 60.2 Å². The number of piperazine rings is 1. The summed E-state index contributed by atoms with van der Waals surface area (Å²) < 4.78 is 5.17. The summed E-state index contributed by atoms with van der Waals surface area (Å²) in [4.78, 5) is 43.1. The molecule has 4 rings (SSSR count). The minimum absolute atomic E-state index is 0.00433. The van der Waals surface area contributed by atoms with Gasteiger partial charge in [0.1, 0.15) is 0 Å². The van der Waals surface area contributed by atoms with Crippen LogP contribution in [0.3, 0.4) is 0 Å². The van der Waals surface area contributed by atoms with Gasteiger partial charge in [-0.05, 0) is 49.2 Å². The first-order chi connectivity index (χ1) is 13.9. The highest BCUT2D eigenvalue weighted by molar-refractivity contribution is 6.00. The number of hydrogen-bond donors (Lipinski definition) is 0. The second kappa shape index (κ2) is 7.73. The fourth-order valence-corrected chi connectivity index (χ4v) is 4.17. The van der Waals surface area contributed by atoms with Gasteiger partial charge in [0.25, 0.3) is 5.91 Å². The number of hydrogen-bond acceptors (Lipinski definition) is 4. The maximum Gasteiger partial charge on any atom is 0.289 e. The third kappa shape index (κ3) is 3.90. The fraction of sp³-hybridized carbons (Fsp3) is 0.409. The lowest BCUT2D eigenvalue weighted by Gasteiger charge is -2.35. The van der Waals surface area contributed by atoms with Crippen LogP contribution in [-0.2, 0) is 9.59 Å². The highest BCUT2D eigenvalue weighted by atomic mass is 16.3. The van der Waals surface area contributed by atoms with E-state index in [0.717, 1.165) is 16.8 Å². The Kier molecular flexibility index (Phi) is 5.13.